The van der Waals surface area contributed by atoms with Gasteiger partial charge in [0.15, 0.2) is 11.7 Å². The number of hydrogen-bond acceptors (Lipinski definition) is 2. The maximum Gasteiger partial charge on any atom is 0.199 e. The zero-order chi connectivity index (χ0) is 27.6. The van der Waals surface area contributed by atoms with Crippen LogP contribution >= 0.6 is 0 Å². The summed E-state index contributed by atoms with van der Waals surface area (Å²) in [6.07, 6.45) is 4.20. The summed E-state index contributed by atoms with van der Waals surface area (Å²) in [6, 6.07) is 14.6. The fourth-order valence-electron chi connectivity index (χ4n) is 3.43. The first-order chi connectivity index (χ1) is 16.7. The van der Waals surface area contributed by atoms with Crippen LogP contribution in [0.2, 0.25) is 0 Å². The van der Waals surface area contributed by atoms with Gasteiger partial charge in [0.1, 0.15) is 5.69 Å². The number of rotatable bonds is 4. The van der Waals surface area contributed by atoms with E-state index in [2.05, 4.69) is 72.0 Å². The smallest absolute Gasteiger partial charge is 0.199 e. The predicted molar refractivity (Wildman–Crippen MR) is 159 cm³/mol. The average Bonchev–Trinajstić information content (AvgIpc) is 3.29. The molecule has 0 saturated carbocycles. The van der Waals surface area contributed by atoms with Gasteiger partial charge in [-0.3, -0.25) is 0 Å². The zero-order valence-corrected chi connectivity index (χ0v) is 24.7. The van der Waals surface area contributed by atoms with Crippen LogP contribution in [0.25, 0.3) is 22.6 Å². The molecule has 2 aromatic carbocycles. The molecule has 1 heterocycles. The van der Waals surface area contributed by atoms with E-state index < -0.39 is 0 Å². The Kier molecular flexibility index (Phi) is 18.1. The highest BCUT2D eigenvalue weighted by molar-refractivity contribution is 5.79. The second-order valence-electron chi connectivity index (χ2n) is 8.21. The number of oxazole rings is 1. The Hall–Kier alpha value is -2.87. The van der Waals surface area contributed by atoms with Crippen LogP contribution in [0.3, 0.4) is 0 Å². The van der Waals surface area contributed by atoms with E-state index in [0.29, 0.717) is 12.3 Å². The molecule has 0 fully saturated rings. The highest BCUT2D eigenvalue weighted by Crippen LogP contribution is 2.38. The van der Waals surface area contributed by atoms with Crippen molar-refractivity contribution in [1.82, 2.24) is 4.98 Å². The van der Waals surface area contributed by atoms with Gasteiger partial charge in [0.2, 0.25) is 0 Å². The van der Waals surface area contributed by atoms with Gasteiger partial charge in [0, 0.05) is 17.5 Å². The summed E-state index contributed by atoms with van der Waals surface area (Å²) >= 11 is 0. The molecule has 35 heavy (non-hydrogen) atoms. The van der Waals surface area contributed by atoms with E-state index in [0.717, 1.165) is 22.6 Å². The van der Waals surface area contributed by atoms with Gasteiger partial charge < -0.3 is 4.42 Å². The minimum atomic E-state index is 0.119. The fourth-order valence-corrected chi connectivity index (χ4v) is 3.43. The maximum absolute atomic E-state index is 6.11. The molecule has 0 spiro atoms. The van der Waals surface area contributed by atoms with Crippen LogP contribution in [-0.2, 0) is 11.8 Å². The summed E-state index contributed by atoms with van der Waals surface area (Å²) in [6.45, 7) is 32.2. The second kappa shape index (κ2) is 18.5. The van der Waals surface area contributed by atoms with E-state index in [4.69, 9.17) is 9.40 Å². The summed E-state index contributed by atoms with van der Waals surface area (Å²) in [5, 5.41) is 0. The number of aromatic nitrogens is 1. The van der Waals surface area contributed by atoms with Crippen molar-refractivity contribution >= 4 is 0 Å². The SMILES string of the molecule is C=CC.C=CCc1nc(-c2ccc(C(C)(C)C)c(C)c2C)c(-c2ccccc2)o1.CC.CC.CC. The molecule has 0 aliphatic heterocycles. The first kappa shape index (κ1) is 34.3. The molecule has 0 unspecified atom stereocenters. The van der Waals surface area contributed by atoms with Gasteiger partial charge in [-0.15, -0.1) is 13.2 Å². The van der Waals surface area contributed by atoms with E-state index >= 15 is 0 Å². The lowest BCUT2D eigenvalue weighted by Crippen LogP contribution is -2.14. The molecular weight excluding hydrogens is 426 g/mol. The average molecular weight is 478 g/mol. The summed E-state index contributed by atoms with van der Waals surface area (Å²) < 4.78 is 6.11. The normalized spacial score (nSPS) is 9.49. The molecule has 0 saturated heterocycles. The van der Waals surface area contributed by atoms with Gasteiger partial charge in [-0.05, 0) is 42.9 Å². The number of benzene rings is 2. The molecule has 0 N–H and O–H groups in total. The standard InChI is InChI=1S/C24H27NO.C3H6.3C2H6/c1-7-11-21-25-22(23(26-21)18-12-9-8-10-13-18)19-14-15-20(24(4,5)6)17(3)16(19)2;1-3-2;3*1-2/h7-10,12-15H,1,11H2,2-6H3;3H,1H2,2H3;3*1-2H3. The molecule has 0 aliphatic carbocycles. The molecule has 3 rings (SSSR count). The van der Waals surface area contributed by atoms with Gasteiger partial charge in [0.25, 0.3) is 0 Å². The summed E-state index contributed by atoms with van der Waals surface area (Å²) in [7, 11) is 0. The van der Waals surface area contributed by atoms with Crippen LogP contribution in [0.4, 0.5) is 0 Å². The van der Waals surface area contributed by atoms with Gasteiger partial charge in [-0.25, -0.2) is 4.98 Å². The van der Waals surface area contributed by atoms with E-state index in [9.17, 15) is 0 Å². The number of hydrogen-bond donors (Lipinski definition) is 0. The number of allylic oxidation sites excluding steroid dienone is 2. The largest absolute Gasteiger partial charge is 0.440 e. The Morgan fingerprint density at radius 2 is 1.34 bits per heavy atom. The fraction of sp³-hybridized carbons (Fsp3) is 0.424. The molecule has 0 amide bonds. The van der Waals surface area contributed by atoms with Crippen LogP contribution in [0.5, 0.6) is 0 Å². The Morgan fingerprint density at radius 3 is 1.80 bits per heavy atom. The Balaban J connectivity index is 0. The van der Waals surface area contributed by atoms with Gasteiger partial charge in [-0.1, -0.05) is 117 Å². The van der Waals surface area contributed by atoms with Gasteiger partial charge in [-0.2, -0.15) is 0 Å². The van der Waals surface area contributed by atoms with Crippen LogP contribution in [0, 0.1) is 13.8 Å². The zero-order valence-electron chi connectivity index (χ0n) is 24.7. The monoisotopic (exact) mass is 477 g/mol. The molecule has 1 aromatic heterocycles. The molecule has 3 aromatic rings. The van der Waals surface area contributed by atoms with E-state index in [-0.39, 0.29) is 5.41 Å². The van der Waals surface area contributed by atoms with Crippen molar-refractivity contribution in [2.24, 2.45) is 0 Å². The Labute approximate surface area is 217 Å². The first-order valence-electron chi connectivity index (χ1n) is 13.1. The molecule has 0 bridgehead atoms. The lowest BCUT2D eigenvalue weighted by atomic mass is 9.81. The molecule has 0 radical (unpaired) electrons. The second-order valence-corrected chi connectivity index (χ2v) is 8.21. The van der Waals surface area contributed by atoms with Gasteiger partial charge >= 0.3 is 0 Å². The van der Waals surface area contributed by atoms with Crippen LogP contribution < -0.4 is 0 Å². The number of nitrogens with zero attached hydrogens (tertiary/aromatic N) is 1. The molecule has 0 atom stereocenters. The van der Waals surface area contributed by atoms with Crippen molar-refractivity contribution in [3.63, 3.8) is 0 Å². The van der Waals surface area contributed by atoms with Crippen LogP contribution in [0.15, 0.2) is 72.2 Å². The Bertz CT molecular complexity index is 972. The predicted octanol–water partition coefficient (Wildman–Crippen LogP) is 10.9. The first-order valence-corrected chi connectivity index (χ1v) is 13.1. The Morgan fingerprint density at radius 1 is 0.829 bits per heavy atom. The molecule has 0 aliphatic rings. The van der Waals surface area contributed by atoms with Crippen molar-refractivity contribution in [2.75, 3.05) is 0 Å². The molecular formula is C33H51NO. The van der Waals surface area contributed by atoms with Crippen molar-refractivity contribution in [3.8, 4) is 22.6 Å². The molecule has 2 heteroatoms. The van der Waals surface area contributed by atoms with Crippen molar-refractivity contribution in [2.45, 2.75) is 94.9 Å². The summed E-state index contributed by atoms with van der Waals surface area (Å²) in [5.41, 5.74) is 7.16. The molecule has 2 nitrogen and oxygen atoms in total. The highest BCUT2D eigenvalue weighted by atomic mass is 16.4. The third-order valence-electron chi connectivity index (χ3n) is 4.88. The highest BCUT2D eigenvalue weighted by Gasteiger charge is 2.22. The van der Waals surface area contributed by atoms with Gasteiger partial charge in [0.05, 0.1) is 0 Å². The maximum atomic E-state index is 6.11. The third-order valence-corrected chi connectivity index (χ3v) is 4.88. The van der Waals surface area contributed by atoms with Crippen molar-refractivity contribution in [1.29, 1.82) is 0 Å². The topological polar surface area (TPSA) is 26.0 Å². The van der Waals surface area contributed by atoms with Crippen LogP contribution in [0.1, 0.15) is 91.8 Å². The third kappa shape index (κ3) is 10.1. The van der Waals surface area contributed by atoms with Crippen LogP contribution in [-0.4, -0.2) is 4.98 Å². The van der Waals surface area contributed by atoms with Crippen molar-refractivity contribution < 1.29 is 4.42 Å². The van der Waals surface area contributed by atoms with E-state index in [1.54, 1.807) is 6.08 Å². The summed E-state index contributed by atoms with van der Waals surface area (Å²) in [5.74, 6) is 1.53. The van der Waals surface area contributed by atoms with Crippen molar-refractivity contribution in [3.05, 3.63) is 90.4 Å². The molecule has 194 valence electrons. The van der Waals surface area contributed by atoms with E-state index in [1.807, 2.05) is 72.7 Å². The van der Waals surface area contributed by atoms with E-state index in [1.165, 1.54) is 16.7 Å². The lowest BCUT2D eigenvalue weighted by molar-refractivity contribution is 0.522. The quantitative estimate of drug-likeness (QED) is 0.349. The lowest BCUT2D eigenvalue weighted by Gasteiger charge is -2.24. The minimum Gasteiger partial charge on any atom is -0.440 e. The minimum absolute atomic E-state index is 0.119. The summed E-state index contributed by atoms with van der Waals surface area (Å²) in [4.78, 5) is 4.80.